The van der Waals surface area contributed by atoms with E-state index in [0.717, 1.165) is 0 Å². The highest BCUT2D eigenvalue weighted by molar-refractivity contribution is 7.80. The number of hydrogen-bond acceptors (Lipinski definition) is 3. The fourth-order valence-electron chi connectivity index (χ4n) is 0.587. The molecule has 1 aliphatic rings. The predicted octanol–water partition coefficient (Wildman–Crippen LogP) is -0.711. The van der Waals surface area contributed by atoms with Gasteiger partial charge in [-0.1, -0.05) is 0 Å². The van der Waals surface area contributed by atoms with Gasteiger partial charge < -0.3 is 10.6 Å². The van der Waals surface area contributed by atoms with Gasteiger partial charge in [0, 0.05) is 5.75 Å². The molecule has 0 aromatic carbocycles. The van der Waals surface area contributed by atoms with Crippen LogP contribution in [0.25, 0.3) is 0 Å². The van der Waals surface area contributed by atoms with E-state index in [2.05, 4.69) is 35.5 Å². The van der Waals surface area contributed by atoms with Crippen LogP contribution in [0.1, 0.15) is 0 Å². The third-order valence-electron chi connectivity index (χ3n) is 1.04. The van der Waals surface area contributed by atoms with E-state index in [4.69, 9.17) is 0 Å². The Morgan fingerprint density at radius 1 is 1.78 bits per heavy atom. The summed E-state index contributed by atoms with van der Waals surface area (Å²) in [7, 11) is 0. The molecule has 1 fully saturated rings. The van der Waals surface area contributed by atoms with Gasteiger partial charge in [0.05, 0.1) is 0 Å². The molecule has 0 aromatic heterocycles. The summed E-state index contributed by atoms with van der Waals surface area (Å²) in [5.41, 5.74) is 0. The monoisotopic (exact) mass is 162 g/mol. The molecule has 0 saturated carbocycles. The van der Waals surface area contributed by atoms with Gasteiger partial charge >= 0.3 is 0 Å². The van der Waals surface area contributed by atoms with Crippen LogP contribution >= 0.6 is 24.8 Å². The van der Waals surface area contributed by atoms with Crippen molar-refractivity contribution < 1.29 is 4.79 Å². The summed E-state index contributed by atoms with van der Waals surface area (Å²) in [4.78, 5) is 10.7. The molecule has 1 saturated heterocycles. The van der Waals surface area contributed by atoms with Crippen LogP contribution in [-0.2, 0) is 4.79 Å². The Morgan fingerprint density at radius 3 is 2.67 bits per heavy atom. The zero-order chi connectivity index (χ0) is 6.85. The van der Waals surface area contributed by atoms with Crippen LogP contribution in [0.2, 0.25) is 0 Å². The lowest BCUT2D eigenvalue weighted by atomic mass is 10.3. The molecule has 0 radical (unpaired) electrons. The second-order valence-corrected chi connectivity index (χ2v) is 2.47. The van der Waals surface area contributed by atoms with Crippen molar-refractivity contribution in [2.75, 3.05) is 5.75 Å². The van der Waals surface area contributed by atoms with E-state index < -0.39 is 0 Å². The molecule has 2 N–H and O–H groups in total. The van der Waals surface area contributed by atoms with Gasteiger partial charge in [-0.15, -0.1) is 0 Å². The average molecular weight is 162 g/mol. The van der Waals surface area contributed by atoms with E-state index >= 15 is 0 Å². The number of carbonyl (C=O) groups excluding carboxylic acids is 1. The third kappa shape index (κ3) is 1.34. The molecule has 1 amide bonds. The highest BCUT2D eigenvalue weighted by atomic mass is 32.1. The minimum atomic E-state index is -0.235. The maximum absolute atomic E-state index is 10.7. The minimum Gasteiger partial charge on any atom is -0.350 e. The summed E-state index contributed by atoms with van der Waals surface area (Å²) in [6.45, 7) is 0. The molecule has 1 heterocycles. The van der Waals surface area contributed by atoms with Crippen LogP contribution < -0.4 is 10.6 Å². The van der Waals surface area contributed by atoms with E-state index in [9.17, 15) is 4.79 Å². The van der Waals surface area contributed by atoms with Gasteiger partial charge in [-0.25, -0.2) is 0 Å². The number of carbonyl (C=O) groups is 1. The van der Waals surface area contributed by atoms with Gasteiger partial charge in [0.15, 0.2) is 5.11 Å². The summed E-state index contributed by atoms with van der Waals surface area (Å²) < 4.78 is 0. The second-order valence-electron chi connectivity index (χ2n) is 1.70. The smallest absolute Gasteiger partial charge is 0.249 e. The van der Waals surface area contributed by atoms with Crippen LogP contribution in [0.4, 0.5) is 0 Å². The van der Waals surface area contributed by atoms with Gasteiger partial charge in [0.25, 0.3) is 0 Å². The van der Waals surface area contributed by atoms with Crippen molar-refractivity contribution in [3.63, 3.8) is 0 Å². The van der Waals surface area contributed by atoms with Crippen molar-refractivity contribution in [2.45, 2.75) is 6.04 Å². The van der Waals surface area contributed by atoms with Crippen LogP contribution in [0.5, 0.6) is 0 Å². The fraction of sp³-hybridized carbons (Fsp3) is 0.500. The minimum absolute atomic E-state index is 0.0880. The first-order chi connectivity index (χ1) is 4.24. The topological polar surface area (TPSA) is 41.1 Å². The highest BCUT2D eigenvalue weighted by Gasteiger charge is 2.24. The van der Waals surface area contributed by atoms with E-state index in [1.54, 1.807) is 0 Å². The molecule has 1 atom stereocenters. The van der Waals surface area contributed by atoms with Crippen LogP contribution in [0, 0.1) is 0 Å². The maximum Gasteiger partial charge on any atom is 0.249 e. The maximum atomic E-state index is 10.7. The Labute approximate surface area is 63.6 Å². The van der Waals surface area contributed by atoms with E-state index in [0.29, 0.717) is 10.9 Å². The largest absolute Gasteiger partial charge is 0.350 e. The lowest BCUT2D eigenvalue weighted by molar-refractivity contribution is -0.119. The van der Waals surface area contributed by atoms with Gasteiger partial charge in [-0.05, 0) is 12.2 Å². The van der Waals surface area contributed by atoms with Crippen molar-refractivity contribution in [1.82, 2.24) is 10.6 Å². The number of amides is 1. The molecular weight excluding hydrogens is 156 g/mol. The summed E-state index contributed by atoms with van der Waals surface area (Å²) in [5.74, 6) is 0.390. The number of nitrogens with one attached hydrogen (secondary N) is 2. The zero-order valence-corrected chi connectivity index (χ0v) is 6.26. The zero-order valence-electron chi connectivity index (χ0n) is 4.55. The van der Waals surface area contributed by atoms with E-state index in [1.165, 1.54) is 0 Å². The third-order valence-corrected chi connectivity index (χ3v) is 1.63. The van der Waals surface area contributed by atoms with Crippen molar-refractivity contribution in [3.8, 4) is 0 Å². The summed E-state index contributed by atoms with van der Waals surface area (Å²) in [6, 6.07) is -0.235. The Balaban J connectivity index is 2.58. The van der Waals surface area contributed by atoms with Gasteiger partial charge in [-0.2, -0.15) is 12.6 Å². The molecular formula is C4H6N2OS2. The van der Waals surface area contributed by atoms with Gasteiger partial charge in [0.2, 0.25) is 5.91 Å². The normalized spacial score (nSPS) is 25.7. The Morgan fingerprint density at radius 2 is 2.44 bits per heavy atom. The first-order valence-electron chi connectivity index (χ1n) is 2.46. The van der Waals surface area contributed by atoms with Crippen LogP contribution in [0.15, 0.2) is 0 Å². The van der Waals surface area contributed by atoms with Crippen LogP contribution in [0.3, 0.4) is 0 Å². The summed E-state index contributed by atoms with van der Waals surface area (Å²) in [5, 5.41) is 5.60. The quantitative estimate of drug-likeness (QED) is 0.352. The molecule has 0 bridgehead atoms. The second kappa shape index (κ2) is 2.53. The summed E-state index contributed by atoms with van der Waals surface area (Å²) in [6.07, 6.45) is 0. The van der Waals surface area contributed by atoms with Gasteiger partial charge in [-0.3, -0.25) is 4.79 Å². The van der Waals surface area contributed by atoms with Gasteiger partial charge in [0.1, 0.15) is 6.04 Å². The van der Waals surface area contributed by atoms with Crippen molar-refractivity contribution in [3.05, 3.63) is 0 Å². The Hall–Kier alpha value is -0.290. The SMILES string of the molecule is O=C1NC(=S)NC1CS. The first-order valence-corrected chi connectivity index (χ1v) is 3.50. The summed E-state index contributed by atoms with van der Waals surface area (Å²) >= 11 is 8.60. The molecule has 5 heteroatoms. The van der Waals surface area contributed by atoms with Crippen molar-refractivity contribution >= 4 is 35.9 Å². The molecule has 1 unspecified atom stereocenters. The molecule has 0 aromatic rings. The number of thiocarbonyl (C=S) groups is 1. The number of thiol groups is 1. The first kappa shape index (κ1) is 6.82. The van der Waals surface area contributed by atoms with E-state index in [1.807, 2.05) is 0 Å². The molecule has 9 heavy (non-hydrogen) atoms. The van der Waals surface area contributed by atoms with E-state index in [-0.39, 0.29) is 11.9 Å². The molecule has 1 aliphatic heterocycles. The van der Waals surface area contributed by atoms with Crippen LogP contribution in [-0.4, -0.2) is 22.8 Å². The molecule has 50 valence electrons. The lowest BCUT2D eigenvalue weighted by Crippen LogP contribution is -2.30. The van der Waals surface area contributed by atoms with Crippen molar-refractivity contribution in [1.29, 1.82) is 0 Å². The Kier molecular flexibility index (Phi) is 1.92. The number of hydrogen-bond donors (Lipinski definition) is 3. The standard InChI is InChI=1S/C4H6N2OS2/c7-3-2(1-8)5-4(9)6-3/h2,8H,1H2,(H2,5,6,7,9). The van der Waals surface area contributed by atoms with Crippen molar-refractivity contribution in [2.24, 2.45) is 0 Å². The molecule has 3 nitrogen and oxygen atoms in total. The lowest BCUT2D eigenvalue weighted by Gasteiger charge is -1.99. The highest BCUT2D eigenvalue weighted by Crippen LogP contribution is 1.94. The average Bonchev–Trinajstić information content (AvgIpc) is 2.10. The fourth-order valence-corrected chi connectivity index (χ4v) is 1.09. The molecule has 0 aliphatic carbocycles. The Bertz CT molecular complexity index is 159. The predicted molar refractivity (Wildman–Crippen MR) is 41.5 cm³/mol. The molecule has 1 rings (SSSR count). The molecule has 0 spiro atoms. The number of rotatable bonds is 1.